The van der Waals surface area contributed by atoms with Gasteiger partial charge in [-0.25, -0.2) is 0 Å². The van der Waals surface area contributed by atoms with E-state index in [9.17, 15) is 34.6 Å². The topological polar surface area (TPSA) is 180 Å². The lowest BCUT2D eigenvalue weighted by molar-refractivity contribution is -0.385. The van der Waals surface area contributed by atoms with E-state index in [2.05, 4.69) is 5.32 Å². The molecule has 0 aliphatic heterocycles. The first-order valence-corrected chi connectivity index (χ1v) is 6.92. The Bertz CT molecular complexity index is 965. The summed E-state index contributed by atoms with van der Waals surface area (Å²) in [5, 5.41) is 23.8. The fourth-order valence-corrected chi connectivity index (χ4v) is 2.04. The van der Waals surface area contributed by atoms with Crippen LogP contribution in [0.3, 0.4) is 0 Å². The van der Waals surface area contributed by atoms with Crippen molar-refractivity contribution in [2.45, 2.75) is 6.54 Å². The zero-order chi connectivity index (χ0) is 19.4. The van der Waals surface area contributed by atoms with E-state index in [4.69, 9.17) is 5.73 Å². The number of hydrogen-bond acceptors (Lipinski definition) is 7. The predicted octanol–water partition coefficient (Wildman–Crippen LogP) is 0.402. The van der Waals surface area contributed by atoms with Crippen LogP contribution in [0.2, 0.25) is 0 Å². The third kappa shape index (κ3) is 4.05. The Kier molecular flexibility index (Phi) is 5.06. The molecule has 0 atom stereocenters. The van der Waals surface area contributed by atoms with Crippen molar-refractivity contribution in [3.63, 3.8) is 0 Å². The van der Waals surface area contributed by atoms with Crippen LogP contribution in [-0.2, 0) is 11.3 Å². The molecule has 1 aromatic carbocycles. The molecule has 2 aromatic rings. The zero-order valence-electron chi connectivity index (χ0n) is 12.9. The molecule has 12 nitrogen and oxygen atoms in total. The number of pyridine rings is 1. The van der Waals surface area contributed by atoms with Crippen molar-refractivity contribution in [1.29, 1.82) is 0 Å². The van der Waals surface area contributed by atoms with Crippen LogP contribution in [0.5, 0.6) is 0 Å². The van der Waals surface area contributed by atoms with Crippen molar-refractivity contribution >= 4 is 28.9 Å². The summed E-state index contributed by atoms with van der Waals surface area (Å²) < 4.78 is 0.680. The van der Waals surface area contributed by atoms with E-state index in [0.29, 0.717) is 4.57 Å². The molecular weight excluding hydrogens is 350 g/mol. The Balaban J connectivity index is 2.25. The first-order chi connectivity index (χ1) is 12.2. The number of nitrogens with two attached hydrogens (primary N) is 1. The van der Waals surface area contributed by atoms with Gasteiger partial charge in [-0.3, -0.25) is 39.2 Å². The Morgan fingerprint density at radius 2 is 1.65 bits per heavy atom. The minimum atomic E-state index is -1.16. The second-order valence-electron chi connectivity index (χ2n) is 5.02. The SMILES string of the molecule is NC(=O)c1cc([N+](=O)[O-])cn(CC(=O)Nc2ccc([N+](=O)[O-])cc2)c1=O. The number of aromatic nitrogens is 1. The minimum Gasteiger partial charge on any atom is -0.365 e. The molecular formula is C14H11N5O7. The number of carbonyl (C=O) groups excluding carboxylic acids is 2. The van der Waals surface area contributed by atoms with E-state index in [0.717, 1.165) is 12.3 Å². The second kappa shape index (κ2) is 7.21. The predicted molar refractivity (Wildman–Crippen MR) is 87.6 cm³/mol. The van der Waals surface area contributed by atoms with Gasteiger partial charge in [-0.05, 0) is 12.1 Å². The number of primary amides is 1. The molecule has 0 spiro atoms. The quantitative estimate of drug-likeness (QED) is 0.551. The van der Waals surface area contributed by atoms with Crippen LogP contribution in [-0.4, -0.2) is 26.2 Å². The van der Waals surface area contributed by atoms with Gasteiger partial charge in [0.2, 0.25) is 5.91 Å². The summed E-state index contributed by atoms with van der Waals surface area (Å²) >= 11 is 0. The van der Waals surface area contributed by atoms with Crippen molar-refractivity contribution < 1.29 is 19.4 Å². The number of anilines is 1. The normalized spacial score (nSPS) is 10.2. The fourth-order valence-electron chi connectivity index (χ4n) is 2.04. The molecule has 0 saturated carbocycles. The van der Waals surface area contributed by atoms with Gasteiger partial charge in [0.05, 0.1) is 16.0 Å². The first kappa shape index (κ1) is 18.3. The van der Waals surface area contributed by atoms with Crippen molar-refractivity contribution in [1.82, 2.24) is 4.57 Å². The molecule has 134 valence electrons. The van der Waals surface area contributed by atoms with Gasteiger partial charge in [0, 0.05) is 23.9 Å². The number of benzene rings is 1. The molecule has 0 bridgehead atoms. The zero-order valence-corrected chi connectivity index (χ0v) is 12.9. The largest absolute Gasteiger partial charge is 0.365 e. The molecule has 26 heavy (non-hydrogen) atoms. The van der Waals surface area contributed by atoms with E-state index in [1.54, 1.807) is 0 Å². The maximum atomic E-state index is 12.1. The molecule has 12 heteroatoms. The van der Waals surface area contributed by atoms with Crippen molar-refractivity contribution in [2.75, 3.05) is 5.32 Å². The molecule has 0 aliphatic rings. The Morgan fingerprint density at radius 1 is 1.08 bits per heavy atom. The third-order valence-corrected chi connectivity index (χ3v) is 3.22. The third-order valence-electron chi connectivity index (χ3n) is 3.22. The van der Waals surface area contributed by atoms with Crippen LogP contribution in [0.25, 0.3) is 0 Å². The summed E-state index contributed by atoms with van der Waals surface area (Å²) in [5.41, 5.74) is 2.89. The number of non-ortho nitro benzene ring substituents is 1. The highest BCUT2D eigenvalue weighted by Gasteiger charge is 2.18. The average Bonchev–Trinajstić information content (AvgIpc) is 2.56. The van der Waals surface area contributed by atoms with Crippen LogP contribution in [0, 0.1) is 20.2 Å². The molecule has 1 aromatic heterocycles. The number of nitrogens with one attached hydrogen (secondary N) is 1. The van der Waals surface area contributed by atoms with Crippen molar-refractivity contribution in [3.05, 3.63) is 72.7 Å². The number of carbonyl (C=O) groups is 2. The molecule has 3 N–H and O–H groups in total. The lowest BCUT2D eigenvalue weighted by Crippen LogP contribution is -2.33. The van der Waals surface area contributed by atoms with Crippen LogP contribution in [0.4, 0.5) is 17.1 Å². The standard InChI is InChI=1S/C14H11N5O7/c15-13(21)11-5-10(19(25)26)6-17(14(11)22)7-12(20)16-8-1-3-9(4-2-8)18(23)24/h1-6H,7H2,(H2,15,21)(H,16,20). The van der Waals surface area contributed by atoms with E-state index < -0.39 is 45.0 Å². The van der Waals surface area contributed by atoms with Crippen molar-refractivity contribution in [3.8, 4) is 0 Å². The molecule has 2 amide bonds. The van der Waals surface area contributed by atoms with Crippen LogP contribution >= 0.6 is 0 Å². The molecule has 1 heterocycles. The second-order valence-corrected chi connectivity index (χ2v) is 5.02. The smallest absolute Gasteiger partial charge is 0.286 e. The summed E-state index contributed by atoms with van der Waals surface area (Å²) in [4.78, 5) is 55.4. The fraction of sp³-hybridized carbons (Fsp3) is 0.0714. The summed E-state index contributed by atoms with van der Waals surface area (Å²) in [5.74, 6) is -1.90. The average molecular weight is 361 g/mol. The van der Waals surface area contributed by atoms with Gasteiger partial charge >= 0.3 is 0 Å². The van der Waals surface area contributed by atoms with Gasteiger partial charge in [0.15, 0.2) is 0 Å². The van der Waals surface area contributed by atoms with Crippen LogP contribution in [0.15, 0.2) is 41.3 Å². The molecule has 0 aliphatic carbocycles. The number of rotatable bonds is 6. The van der Waals surface area contributed by atoms with E-state index >= 15 is 0 Å². The van der Waals surface area contributed by atoms with Gasteiger partial charge in [-0.15, -0.1) is 0 Å². The summed E-state index contributed by atoms with van der Waals surface area (Å²) in [6.45, 7) is -0.627. The minimum absolute atomic E-state index is 0.177. The van der Waals surface area contributed by atoms with Crippen LogP contribution < -0.4 is 16.6 Å². The first-order valence-electron chi connectivity index (χ1n) is 6.92. The van der Waals surface area contributed by atoms with E-state index in [1.165, 1.54) is 24.3 Å². The number of nitrogens with zero attached hydrogens (tertiary/aromatic N) is 3. The van der Waals surface area contributed by atoms with Crippen LogP contribution in [0.1, 0.15) is 10.4 Å². The Labute approximate surface area is 144 Å². The lowest BCUT2D eigenvalue weighted by Gasteiger charge is -2.08. The summed E-state index contributed by atoms with van der Waals surface area (Å²) in [7, 11) is 0. The van der Waals surface area contributed by atoms with Crippen molar-refractivity contribution in [2.24, 2.45) is 5.73 Å². The maximum absolute atomic E-state index is 12.1. The maximum Gasteiger partial charge on any atom is 0.286 e. The molecule has 0 radical (unpaired) electrons. The van der Waals surface area contributed by atoms with Gasteiger partial charge < -0.3 is 11.1 Å². The molecule has 0 fully saturated rings. The summed E-state index contributed by atoms with van der Waals surface area (Å²) in [6, 6.07) is 5.62. The highest BCUT2D eigenvalue weighted by molar-refractivity contribution is 5.93. The number of nitro groups is 2. The van der Waals surface area contributed by atoms with Gasteiger partial charge in [0.25, 0.3) is 22.8 Å². The Hall–Kier alpha value is -4.09. The molecule has 0 unspecified atom stereocenters. The van der Waals surface area contributed by atoms with E-state index in [-0.39, 0.29) is 11.4 Å². The van der Waals surface area contributed by atoms with E-state index in [1.807, 2.05) is 0 Å². The highest BCUT2D eigenvalue weighted by atomic mass is 16.6. The molecule has 0 saturated heterocycles. The van der Waals surface area contributed by atoms with Gasteiger partial charge in [-0.2, -0.15) is 0 Å². The van der Waals surface area contributed by atoms with Gasteiger partial charge in [-0.1, -0.05) is 0 Å². The lowest BCUT2D eigenvalue weighted by atomic mass is 10.2. The number of nitro benzene ring substituents is 1. The molecule has 2 rings (SSSR count). The monoisotopic (exact) mass is 361 g/mol. The van der Waals surface area contributed by atoms with Gasteiger partial charge in [0.1, 0.15) is 12.1 Å². The number of hydrogen-bond donors (Lipinski definition) is 2. The highest BCUT2D eigenvalue weighted by Crippen LogP contribution is 2.15. The Morgan fingerprint density at radius 3 is 2.15 bits per heavy atom. The number of amides is 2. The summed E-state index contributed by atoms with van der Waals surface area (Å²) in [6.07, 6.45) is 0.810.